The molecule has 3 nitrogen and oxygen atoms in total. The first-order chi connectivity index (χ1) is 5.20. The van der Waals surface area contributed by atoms with Crippen molar-refractivity contribution in [2.75, 3.05) is 0 Å². The summed E-state index contributed by atoms with van der Waals surface area (Å²) in [4.78, 5) is 10.3. The first-order valence-electron chi connectivity index (χ1n) is 4.16. The molecule has 11 heavy (non-hydrogen) atoms. The highest BCUT2D eigenvalue weighted by Gasteiger charge is 2.07. The Balaban J connectivity index is 3.49. The summed E-state index contributed by atoms with van der Waals surface area (Å²) in [7, 11) is 0. The monoisotopic (exact) mass is 159 g/mol. The molecule has 0 spiro atoms. The van der Waals surface area contributed by atoms with E-state index in [4.69, 9.17) is 10.5 Å². The Morgan fingerprint density at radius 1 is 1.55 bits per heavy atom. The van der Waals surface area contributed by atoms with Crippen molar-refractivity contribution in [2.24, 2.45) is 5.73 Å². The fourth-order valence-corrected chi connectivity index (χ4v) is 0.942. The summed E-state index contributed by atoms with van der Waals surface area (Å²) in [5, 5.41) is 0. The number of rotatable bonds is 5. The minimum atomic E-state index is -0.659. The molecule has 1 atom stereocenters. The van der Waals surface area contributed by atoms with Crippen LogP contribution in [-0.4, -0.2) is 12.2 Å². The van der Waals surface area contributed by atoms with Gasteiger partial charge in [-0.05, 0) is 12.8 Å². The fraction of sp³-hybridized carbons (Fsp3) is 0.875. The summed E-state index contributed by atoms with van der Waals surface area (Å²) in [5.74, 6) is 0. The molecule has 0 aliphatic rings. The topological polar surface area (TPSA) is 52.3 Å². The lowest BCUT2D eigenvalue weighted by Gasteiger charge is -2.13. The highest BCUT2D eigenvalue weighted by Crippen LogP contribution is 2.07. The van der Waals surface area contributed by atoms with E-state index in [0.29, 0.717) is 0 Å². The van der Waals surface area contributed by atoms with Gasteiger partial charge in [0.2, 0.25) is 0 Å². The number of carbonyl (C=O) groups excluding carboxylic acids is 1. The second kappa shape index (κ2) is 6.01. The van der Waals surface area contributed by atoms with Gasteiger partial charge in [-0.1, -0.05) is 26.7 Å². The van der Waals surface area contributed by atoms with Gasteiger partial charge in [-0.25, -0.2) is 4.79 Å². The number of amides is 1. The molecule has 3 heteroatoms. The van der Waals surface area contributed by atoms with Gasteiger partial charge in [0.15, 0.2) is 0 Å². The summed E-state index contributed by atoms with van der Waals surface area (Å²) >= 11 is 0. The van der Waals surface area contributed by atoms with Crippen molar-refractivity contribution >= 4 is 6.09 Å². The molecule has 0 aromatic rings. The third kappa shape index (κ3) is 5.70. The maximum Gasteiger partial charge on any atom is 0.404 e. The SMILES string of the molecule is CCCC[C@H](CC)OC(N)=O. The van der Waals surface area contributed by atoms with E-state index in [1.807, 2.05) is 6.92 Å². The number of hydrogen-bond donors (Lipinski definition) is 1. The average molecular weight is 159 g/mol. The lowest BCUT2D eigenvalue weighted by Crippen LogP contribution is -2.22. The molecule has 0 aromatic heterocycles. The summed E-state index contributed by atoms with van der Waals surface area (Å²) in [6.45, 7) is 4.10. The Morgan fingerprint density at radius 2 is 2.18 bits per heavy atom. The van der Waals surface area contributed by atoms with Gasteiger partial charge in [-0.3, -0.25) is 0 Å². The normalized spacial score (nSPS) is 12.5. The van der Waals surface area contributed by atoms with Crippen molar-refractivity contribution in [3.05, 3.63) is 0 Å². The zero-order valence-electron chi connectivity index (χ0n) is 7.30. The van der Waals surface area contributed by atoms with Crippen LogP contribution in [0.2, 0.25) is 0 Å². The van der Waals surface area contributed by atoms with Crippen LogP contribution in [0.15, 0.2) is 0 Å². The largest absolute Gasteiger partial charge is 0.446 e. The molecule has 0 unspecified atom stereocenters. The van der Waals surface area contributed by atoms with Crippen molar-refractivity contribution < 1.29 is 9.53 Å². The van der Waals surface area contributed by atoms with Crippen molar-refractivity contribution in [3.8, 4) is 0 Å². The van der Waals surface area contributed by atoms with E-state index >= 15 is 0 Å². The van der Waals surface area contributed by atoms with Crippen LogP contribution in [-0.2, 0) is 4.74 Å². The van der Waals surface area contributed by atoms with E-state index in [1.54, 1.807) is 0 Å². The molecule has 0 bridgehead atoms. The molecule has 66 valence electrons. The van der Waals surface area contributed by atoms with Gasteiger partial charge < -0.3 is 10.5 Å². The Kier molecular flexibility index (Phi) is 5.61. The van der Waals surface area contributed by atoms with E-state index in [9.17, 15) is 4.79 Å². The molecule has 0 saturated heterocycles. The van der Waals surface area contributed by atoms with Gasteiger partial charge in [0.1, 0.15) is 6.10 Å². The van der Waals surface area contributed by atoms with Gasteiger partial charge in [0, 0.05) is 0 Å². The lowest BCUT2D eigenvalue weighted by molar-refractivity contribution is 0.0973. The van der Waals surface area contributed by atoms with Crippen molar-refractivity contribution in [2.45, 2.75) is 45.6 Å². The molecule has 0 saturated carbocycles. The van der Waals surface area contributed by atoms with Crippen LogP contribution in [0.3, 0.4) is 0 Å². The minimum absolute atomic E-state index is 0.0208. The summed E-state index contributed by atoms with van der Waals surface area (Å²) in [6, 6.07) is 0. The second-order valence-corrected chi connectivity index (χ2v) is 2.61. The maximum atomic E-state index is 10.3. The van der Waals surface area contributed by atoms with Crippen molar-refractivity contribution in [1.82, 2.24) is 0 Å². The minimum Gasteiger partial charge on any atom is -0.446 e. The van der Waals surface area contributed by atoms with Crippen LogP contribution in [0, 0.1) is 0 Å². The molecule has 0 aromatic carbocycles. The van der Waals surface area contributed by atoms with Crippen molar-refractivity contribution in [1.29, 1.82) is 0 Å². The summed E-state index contributed by atoms with van der Waals surface area (Å²) in [6.07, 6.45) is 3.35. The Bertz CT molecular complexity index is 115. The molecular formula is C8H17NO2. The quantitative estimate of drug-likeness (QED) is 0.667. The van der Waals surface area contributed by atoms with Gasteiger partial charge in [0.25, 0.3) is 0 Å². The molecule has 0 aliphatic heterocycles. The predicted octanol–water partition coefficient (Wildman–Crippen LogP) is 2.05. The molecular weight excluding hydrogens is 142 g/mol. The molecule has 0 rings (SSSR count). The fourth-order valence-electron chi connectivity index (χ4n) is 0.942. The van der Waals surface area contributed by atoms with E-state index in [2.05, 4.69) is 6.92 Å². The molecule has 0 heterocycles. The van der Waals surface area contributed by atoms with Crippen LogP contribution in [0.25, 0.3) is 0 Å². The molecule has 2 N–H and O–H groups in total. The van der Waals surface area contributed by atoms with Crippen LogP contribution in [0.5, 0.6) is 0 Å². The number of primary amides is 1. The Labute approximate surface area is 67.9 Å². The van der Waals surface area contributed by atoms with E-state index < -0.39 is 6.09 Å². The number of unbranched alkanes of at least 4 members (excludes halogenated alkanes) is 1. The molecule has 0 fully saturated rings. The Morgan fingerprint density at radius 3 is 2.55 bits per heavy atom. The smallest absolute Gasteiger partial charge is 0.404 e. The van der Waals surface area contributed by atoms with E-state index in [1.165, 1.54) is 0 Å². The predicted molar refractivity (Wildman–Crippen MR) is 44.3 cm³/mol. The first-order valence-corrected chi connectivity index (χ1v) is 4.16. The number of hydrogen-bond acceptors (Lipinski definition) is 2. The molecule has 0 radical (unpaired) electrons. The number of nitrogens with two attached hydrogens (primary N) is 1. The van der Waals surface area contributed by atoms with Gasteiger partial charge >= 0.3 is 6.09 Å². The van der Waals surface area contributed by atoms with Crippen molar-refractivity contribution in [3.63, 3.8) is 0 Å². The Hall–Kier alpha value is -0.730. The number of ether oxygens (including phenoxy) is 1. The third-order valence-electron chi connectivity index (χ3n) is 1.62. The lowest BCUT2D eigenvalue weighted by atomic mass is 10.1. The van der Waals surface area contributed by atoms with E-state index in [-0.39, 0.29) is 6.10 Å². The third-order valence-corrected chi connectivity index (χ3v) is 1.62. The van der Waals surface area contributed by atoms with Crippen LogP contribution in [0.1, 0.15) is 39.5 Å². The van der Waals surface area contributed by atoms with Crippen LogP contribution in [0.4, 0.5) is 4.79 Å². The molecule has 0 aliphatic carbocycles. The summed E-state index contributed by atoms with van der Waals surface area (Å²) in [5.41, 5.74) is 4.88. The van der Waals surface area contributed by atoms with Gasteiger partial charge in [-0.2, -0.15) is 0 Å². The maximum absolute atomic E-state index is 10.3. The molecule has 1 amide bonds. The van der Waals surface area contributed by atoms with E-state index in [0.717, 1.165) is 25.7 Å². The number of carbonyl (C=O) groups is 1. The first kappa shape index (κ1) is 10.3. The highest BCUT2D eigenvalue weighted by atomic mass is 16.6. The zero-order chi connectivity index (χ0) is 8.69. The average Bonchev–Trinajstić information content (AvgIpc) is 1.97. The summed E-state index contributed by atoms with van der Waals surface area (Å²) < 4.78 is 4.84. The standard InChI is InChI=1S/C8H17NO2/c1-3-5-6-7(4-2)11-8(9)10/h7H,3-6H2,1-2H3,(H2,9,10)/t7-/m0/s1. The van der Waals surface area contributed by atoms with Gasteiger partial charge in [-0.15, -0.1) is 0 Å². The zero-order valence-corrected chi connectivity index (χ0v) is 7.30. The highest BCUT2D eigenvalue weighted by molar-refractivity contribution is 5.64. The van der Waals surface area contributed by atoms with Gasteiger partial charge in [0.05, 0.1) is 0 Å². The second-order valence-electron chi connectivity index (χ2n) is 2.61. The van der Waals surface area contributed by atoms with Crippen LogP contribution >= 0.6 is 0 Å². The van der Waals surface area contributed by atoms with Crippen LogP contribution < -0.4 is 5.73 Å².